The number of amides is 1. The maximum Gasteiger partial charge on any atom is 0.251 e. The number of anilines is 1. The second-order valence-corrected chi connectivity index (χ2v) is 6.61. The van der Waals surface area contributed by atoms with E-state index in [9.17, 15) is 13.6 Å². The Bertz CT molecular complexity index is 772. The summed E-state index contributed by atoms with van der Waals surface area (Å²) in [7, 11) is 3.47. The topological polar surface area (TPSA) is 41.6 Å². The average molecular weight is 360 g/mol. The predicted molar refractivity (Wildman–Crippen MR) is 96.3 cm³/mol. The van der Waals surface area contributed by atoms with Gasteiger partial charge in [-0.1, -0.05) is 12.1 Å². The van der Waals surface area contributed by atoms with E-state index in [1.165, 1.54) is 18.2 Å². The van der Waals surface area contributed by atoms with Crippen molar-refractivity contribution in [2.24, 2.45) is 0 Å². The van der Waals surface area contributed by atoms with E-state index >= 15 is 0 Å². The van der Waals surface area contributed by atoms with Gasteiger partial charge < -0.3 is 15.0 Å². The summed E-state index contributed by atoms with van der Waals surface area (Å²) in [6.45, 7) is 0.629. The zero-order valence-electron chi connectivity index (χ0n) is 14.8. The van der Waals surface area contributed by atoms with Crippen LogP contribution in [0.15, 0.2) is 42.5 Å². The first-order chi connectivity index (χ1) is 12.5. The van der Waals surface area contributed by atoms with E-state index < -0.39 is 11.9 Å². The quantitative estimate of drug-likeness (QED) is 0.884. The van der Waals surface area contributed by atoms with E-state index in [1.54, 1.807) is 43.3 Å². The second-order valence-electron chi connectivity index (χ2n) is 6.61. The smallest absolute Gasteiger partial charge is 0.251 e. The van der Waals surface area contributed by atoms with Crippen molar-refractivity contribution in [3.63, 3.8) is 0 Å². The Morgan fingerprint density at radius 2 is 1.92 bits per heavy atom. The van der Waals surface area contributed by atoms with E-state index in [0.29, 0.717) is 12.3 Å². The van der Waals surface area contributed by atoms with Crippen molar-refractivity contribution in [2.45, 2.75) is 25.0 Å². The molecule has 3 rings (SSSR count). The first kappa shape index (κ1) is 18.3. The molecule has 0 spiro atoms. The zero-order chi connectivity index (χ0) is 18.7. The molecule has 2 aromatic carbocycles. The van der Waals surface area contributed by atoms with E-state index in [2.05, 4.69) is 5.32 Å². The fraction of sp³-hybridized carbons (Fsp3) is 0.350. The van der Waals surface area contributed by atoms with Crippen molar-refractivity contribution >= 4 is 11.6 Å². The van der Waals surface area contributed by atoms with Gasteiger partial charge in [0, 0.05) is 26.3 Å². The highest BCUT2D eigenvalue weighted by Crippen LogP contribution is 2.28. The number of nitrogens with one attached hydrogen (secondary N) is 1. The minimum absolute atomic E-state index is 0.185. The Balaban J connectivity index is 1.83. The molecule has 1 saturated heterocycles. The molecule has 1 heterocycles. The minimum Gasteiger partial charge on any atom is -0.376 e. The third-order valence-electron chi connectivity index (χ3n) is 4.54. The number of halogens is 2. The van der Waals surface area contributed by atoms with E-state index in [-0.39, 0.29) is 23.4 Å². The number of carbonyl (C=O) groups excluding carboxylic acids is 1. The molecule has 4 nitrogen and oxygen atoms in total. The first-order valence-electron chi connectivity index (χ1n) is 8.60. The summed E-state index contributed by atoms with van der Waals surface area (Å²) in [5.74, 6) is -1.19. The lowest BCUT2D eigenvalue weighted by Gasteiger charge is -2.25. The van der Waals surface area contributed by atoms with Crippen molar-refractivity contribution in [1.82, 2.24) is 5.32 Å². The highest BCUT2D eigenvalue weighted by Gasteiger charge is 2.29. The molecule has 0 radical (unpaired) electrons. The lowest BCUT2D eigenvalue weighted by Crippen LogP contribution is -2.36. The fourth-order valence-electron chi connectivity index (χ4n) is 3.16. The molecule has 2 atom stereocenters. The largest absolute Gasteiger partial charge is 0.376 e. The number of carbonyl (C=O) groups is 1. The average Bonchev–Trinajstić information content (AvgIpc) is 3.14. The lowest BCUT2D eigenvalue weighted by molar-refractivity contribution is 0.0672. The number of nitrogens with zero attached hydrogens (tertiary/aromatic N) is 1. The monoisotopic (exact) mass is 360 g/mol. The molecule has 138 valence electrons. The van der Waals surface area contributed by atoms with Crippen molar-refractivity contribution in [1.29, 1.82) is 0 Å². The zero-order valence-corrected chi connectivity index (χ0v) is 14.8. The molecule has 0 aliphatic carbocycles. The van der Waals surface area contributed by atoms with E-state index in [4.69, 9.17) is 4.74 Å². The van der Waals surface area contributed by atoms with Crippen LogP contribution in [-0.4, -0.2) is 32.7 Å². The normalized spacial score (nSPS) is 17.8. The number of ether oxygens (including phenoxy) is 1. The van der Waals surface area contributed by atoms with Gasteiger partial charge in [-0.25, -0.2) is 8.78 Å². The molecule has 1 aliphatic heterocycles. The molecule has 26 heavy (non-hydrogen) atoms. The van der Waals surface area contributed by atoms with Crippen molar-refractivity contribution in [2.75, 3.05) is 25.6 Å². The third-order valence-corrected chi connectivity index (χ3v) is 4.54. The lowest BCUT2D eigenvalue weighted by atomic mass is 9.98. The van der Waals surface area contributed by atoms with Crippen molar-refractivity contribution in [3.05, 3.63) is 65.2 Å². The van der Waals surface area contributed by atoms with Gasteiger partial charge in [-0.2, -0.15) is 0 Å². The first-order valence-corrected chi connectivity index (χ1v) is 8.60. The Morgan fingerprint density at radius 3 is 2.50 bits per heavy atom. The van der Waals surface area contributed by atoms with E-state index in [1.807, 2.05) is 0 Å². The van der Waals surface area contributed by atoms with E-state index in [0.717, 1.165) is 18.4 Å². The van der Waals surface area contributed by atoms with Gasteiger partial charge in [-0.15, -0.1) is 0 Å². The Labute approximate surface area is 151 Å². The Kier molecular flexibility index (Phi) is 5.52. The van der Waals surface area contributed by atoms with Crippen LogP contribution >= 0.6 is 0 Å². The summed E-state index contributed by atoms with van der Waals surface area (Å²) < 4.78 is 33.1. The maximum atomic E-state index is 14.2. The van der Waals surface area contributed by atoms with Gasteiger partial charge in [0.25, 0.3) is 5.91 Å². The predicted octanol–water partition coefficient (Wildman–Crippen LogP) is 3.68. The molecule has 1 aliphatic rings. The van der Waals surface area contributed by atoms with Gasteiger partial charge >= 0.3 is 0 Å². The molecule has 1 fully saturated rings. The molecule has 0 unspecified atom stereocenters. The molecule has 0 aromatic heterocycles. The SMILES string of the molecule is CN(C)c1ccc(C(=O)N[C@@H](c2ccc(F)cc2)[C@H]2CCCO2)cc1F. The minimum atomic E-state index is -0.460. The van der Waals surface area contributed by atoms with Crippen molar-refractivity contribution < 1.29 is 18.3 Å². The summed E-state index contributed by atoms with van der Waals surface area (Å²) >= 11 is 0. The molecule has 0 bridgehead atoms. The molecular weight excluding hydrogens is 338 g/mol. The van der Waals surface area contributed by atoms with Crippen LogP contribution in [0, 0.1) is 11.6 Å². The highest BCUT2D eigenvalue weighted by molar-refractivity contribution is 5.95. The Morgan fingerprint density at radius 1 is 1.19 bits per heavy atom. The van der Waals surface area contributed by atoms with Crippen LogP contribution in [0.25, 0.3) is 0 Å². The maximum absolute atomic E-state index is 14.2. The van der Waals surface area contributed by atoms with Gasteiger partial charge in [0.15, 0.2) is 0 Å². The van der Waals surface area contributed by atoms with Gasteiger partial charge in [-0.05, 0) is 48.7 Å². The van der Waals surface area contributed by atoms with Crippen LogP contribution in [0.1, 0.15) is 34.8 Å². The molecular formula is C20H22F2N2O2. The molecule has 1 amide bonds. The third kappa shape index (κ3) is 4.02. The Hall–Kier alpha value is -2.47. The number of rotatable bonds is 5. The van der Waals surface area contributed by atoms with Crippen LogP contribution < -0.4 is 10.2 Å². The molecule has 6 heteroatoms. The number of hydrogen-bond donors (Lipinski definition) is 1. The summed E-state index contributed by atoms with van der Waals surface area (Å²) in [5.41, 5.74) is 1.41. The van der Waals surface area contributed by atoms with Gasteiger partial charge in [-0.3, -0.25) is 4.79 Å². The second kappa shape index (κ2) is 7.83. The number of hydrogen-bond acceptors (Lipinski definition) is 3. The van der Waals surface area contributed by atoms with Crippen LogP contribution in [0.5, 0.6) is 0 Å². The summed E-state index contributed by atoms with van der Waals surface area (Å²) in [5, 5.41) is 2.92. The number of benzene rings is 2. The fourth-order valence-corrected chi connectivity index (χ4v) is 3.16. The van der Waals surface area contributed by atoms with Crippen molar-refractivity contribution in [3.8, 4) is 0 Å². The highest BCUT2D eigenvalue weighted by atomic mass is 19.1. The van der Waals surface area contributed by atoms with Crippen LogP contribution in [0.3, 0.4) is 0 Å². The van der Waals surface area contributed by atoms with Gasteiger partial charge in [0.1, 0.15) is 11.6 Å². The summed E-state index contributed by atoms with van der Waals surface area (Å²) in [6.07, 6.45) is 1.52. The molecule has 2 aromatic rings. The summed E-state index contributed by atoms with van der Waals surface area (Å²) in [6, 6.07) is 9.96. The van der Waals surface area contributed by atoms with Crippen LogP contribution in [0.4, 0.5) is 14.5 Å². The van der Waals surface area contributed by atoms with Crippen LogP contribution in [-0.2, 0) is 4.74 Å². The van der Waals surface area contributed by atoms with Gasteiger partial charge in [0.2, 0.25) is 0 Å². The molecule has 0 saturated carbocycles. The summed E-state index contributed by atoms with van der Waals surface area (Å²) in [4.78, 5) is 14.3. The molecule has 1 N–H and O–H groups in total. The van der Waals surface area contributed by atoms with Gasteiger partial charge in [0.05, 0.1) is 17.8 Å². The standard InChI is InChI=1S/C20H22F2N2O2/c1-24(2)17-10-7-14(12-16(17)22)20(25)23-19(18-4-3-11-26-18)13-5-8-15(21)9-6-13/h5-10,12,18-19H,3-4,11H2,1-2H3,(H,23,25)/t18-,19+/m1/s1. The van der Waals surface area contributed by atoms with Crippen LogP contribution in [0.2, 0.25) is 0 Å².